The molecule has 3 aromatic carbocycles. The van der Waals surface area contributed by atoms with Crippen LogP contribution < -0.4 is 16.0 Å². The Morgan fingerprint density at radius 3 is 1.95 bits per heavy atom. The molecule has 0 bridgehead atoms. The summed E-state index contributed by atoms with van der Waals surface area (Å²) in [5.41, 5.74) is 2.42. The number of Topliss-reactive ketones (excluding diaryl/α,β-unsaturated/α-hetero) is 1. The second kappa shape index (κ2) is 9.97. The Bertz CT molecular complexity index is 1850. The van der Waals surface area contributed by atoms with E-state index in [0.717, 1.165) is 0 Å². The smallest absolute Gasteiger partial charge is 0.258 e. The summed E-state index contributed by atoms with van der Waals surface area (Å²) in [7, 11) is 0. The number of carbonyl (C=O) groups excluding carboxylic acids is 6. The van der Waals surface area contributed by atoms with Crippen LogP contribution >= 0.6 is 0 Å². The highest BCUT2D eigenvalue weighted by molar-refractivity contribution is 6.23. The minimum absolute atomic E-state index is 0.0399. The molecule has 0 fully saturated rings. The highest BCUT2D eigenvalue weighted by Crippen LogP contribution is 2.22. The van der Waals surface area contributed by atoms with Crippen molar-refractivity contribution in [2.75, 3.05) is 5.32 Å². The monoisotopic (exact) mass is 546 g/mol. The van der Waals surface area contributed by atoms with Crippen molar-refractivity contribution in [3.8, 4) is 0 Å². The maximum atomic E-state index is 12.7. The fourth-order valence-electron chi connectivity index (χ4n) is 4.44. The minimum atomic E-state index is -0.537. The zero-order valence-corrected chi connectivity index (χ0v) is 21.0. The van der Waals surface area contributed by atoms with Crippen molar-refractivity contribution in [2.24, 2.45) is 4.99 Å². The Kier molecular flexibility index (Phi) is 6.15. The van der Waals surface area contributed by atoms with E-state index in [-0.39, 0.29) is 40.0 Å². The Hall–Kier alpha value is -5.97. The van der Waals surface area contributed by atoms with Crippen LogP contribution in [-0.2, 0) is 6.42 Å². The molecular formula is C30H18N4O7. The molecule has 0 atom stereocenters. The Labute approximate surface area is 231 Å². The van der Waals surface area contributed by atoms with E-state index in [2.05, 4.69) is 20.9 Å². The number of ketones is 1. The summed E-state index contributed by atoms with van der Waals surface area (Å²) in [6.45, 7) is 0. The third kappa shape index (κ3) is 4.94. The van der Waals surface area contributed by atoms with Crippen molar-refractivity contribution in [3.05, 3.63) is 118 Å². The predicted octanol–water partition coefficient (Wildman–Crippen LogP) is 3.48. The first-order valence-electron chi connectivity index (χ1n) is 12.3. The van der Waals surface area contributed by atoms with Gasteiger partial charge in [-0.05, 0) is 66.7 Å². The topological polar surface area (TPSA) is 164 Å². The first-order valence-corrected chi connectivity index (χ1v) is 12.3. The van der Waals surface area contributed by atoms with Gasteiger partial charge in [0.15, 0.2) is 5.78 Å². The first kappa shape index (κ1) is 25.3. The summed E-state index contributed by atoms with van der Waals surface area (Å²) >= 11 is 0. The van der Waals surface area contributed by atoms with Gasteiger partial charge in [-0.2, -0.15) is 0 Å². The molecule has 0 unspecified atom stereocenters. The second-order valence-electron chi connectivity index (χ2n) is 9.25. The van der Waals surface area contributed by atoms with Crippen LogP contribution in [0.25, 0.3) is 0 Å². The van der Waals surface area contributed by atoms with Crippen LogP contribution in [-0.4, -0.2) is 41.5 Å². The Morgan fingerprint density at radius 1 is 0.707 bits per heavy atom. The van der Waals surface area contributed by atoms with E-state index in [1.54, 1.807) is 36.4 Å². The fraction of sp³-hybridized carbons (Fsp3) is 0.0333. The van der Waals surface area contributed by atoms with Gasteiger partial charge >= 0.3 is 0 Å². The SMILES string of the molecule is O=C(Cc1ccc(C=Nc2ccc(NC(=O)c3ccc4c(c3)C(=O)NC4=O)cc2)o1)c1ccc2c(c1)C(=O)NC2=O. The number of nitrogens with one attached hydrogen (secondary N) is 3. The number of anilines is 1. The summed E-state index contributed by atoms with van der Waals surface area (Å²) in [5.74, 6) is -1.92. The number of benzene rings is 3. The van der Waals surface area contributed by atoms with Gasteiger partial charge in [-0.1, -0.05) is 6.07 Å². The van der Waals surface area contributed by atoms with E-state index < -0.39 is 29.5 Å². The largest absolute Gasteiger partial charge is 0.460 e. The number of hydrogen-bond acceptors (Lipinski definition) is 8. The van der Waals surface area contributed by atoms with E-state index in [4.69, 9.17) is 4.42 Å². The zero-order chi connectivity index (χ0) is 28.7. The van der Waals surface area contributed by atoms with E-state index in [9.17, 15) is 28.8 Å². The molecule has 0 spiro atoms. The lowest BCUT2D eigenvalue weighted by molar-refractivity contribution is 0.0863. The molecule has 5 amide bonds. The Balaban J connectivity index is 1.06. The molecule has 200 valence electrons. The molecule has 0 aliphatic carbocycles. The van der Waals surface area contributed by atoms with Crippen molar-refractivity contribution >= 4 is 52.9 Å². The van der Waals surface area contributed by atoms with Gasteiger partial charge in [0.1, 0.15) is 11.5 Å². The number of aliphatic imine (C=N–C) groups is 1. The van der Waals surface area contributed by atoms with Gasteiger partial charge in [-0.25, -0.2) is 0 Å². The van der Waals surface area contributed by atoms with Gasteiger partial charge in [-0.15, -0.1) is 0 Å². The molecule has 11 heteroatoms. The minimum Gasteiger partial charge on any atom is -0.460 e. The van der Waals surface area contributed by atoms with Crippen molar-refractivity contribution in [1.82, 2.24) is 10.6 Å². The Morgan fingerprint density at radius 2 is 1.29 bits per heavy atom. The molecule has 41 heavy (non-hydrogen) atoms. The van der Waals surface area contributed by atoms with E-state index in [1.165, 1.54) is 42.6 Å². The lowest BCUT2D eigenvalue weighted by atomic mass is 10.0. The summed E-state index contributed by atoms with van der Waals surface area (Å²) in [5, 5.41) is 7.12. The molecule has 2 aliphatic heterocycles. The van der Waals surface area contributed by atoms with Crippen molar-refractivity contribution in [2.45, 2.75) is 6.42 Å². The molecule has 2 aliphatic rings. The van der Waals surface area contributed by atoms with Crippen LogP contribution in [0.2, 0.25) is 0 Å². The third-order valence-electron chi connectivity index (χ3n) is 6.54. The molecule has 11 nitrogen and oxygen atoms in total. The van der Waals surface area contributed by atoms with Gasteiger partial charge in [0.25, 0.3) is 29.5 Å². The number of furan rings is 1. The van der Waals surface area contributed by atoms with E-state index in [1.807, 2.05) is 0 Å². The summed E-state index contributed by atoms with van der Waals surface area (Å²) < 4.78 is 5.69. The van der Waals surface area contributed by atoms with Crippen LogP contribution in [0, 0.1) is 0 Å². The first-order chi connectivity index (χ1) is 19.7. The number of hydrogen-bond donors (Lipinski definition) is 3. The fourth-order valence-corrected chi connectivity index (χ4v) is 4.44. The van der Waals surface area contributed by atoms with E-state index in [0.29, 0.717) is 28.5 Å². The number of nitrogens with zero attached hydrogens (tertiary/aromatic N) is 1. The summed E-state index contributed by atoms with van der Waals surface area (Å²) in [6, 6.07) is 18.7. The maximum absolute atomic E-state index is 12.7. The average molecular weight is 546 g/mol. The molecule has 0 saturated heterocycles. The lowest BCUT2D eigenvalue weighted by Gasteiger charge is -2.06. The molecule has 3 N–H and O–H groups in total. The van der Waals surface area contributed by atoms with Gasteiger partial charge in [0.05, 0.1) is 40.6 Å². The average Bonchev–Trinajstić information content (AvgIpc) is 3.62. The van der Waals surface area contributed by atoms with Crippen molar-refractivity contribution in [1.29, 1.82) is 0 Å². The van der Waals surface area contributed by atoms with Gasteiger partial charge in [0, 0.05) is 16.8 Å². The lowest BCUT2D eigenvalue weighted by Crippen LogP contribution is -2.19. The molecule has 1 aromatic heterocycles. The molecular weight excluding hydrogens is 528 g/mol. The zero-order valence-electron chi connectivity index (χ0n) is 21.0. The van der Waals surface area contributed by atoms with Crippen LogP contribution in [0.15, 0.2) is 82.2 Å². The number of fused-ring (bicyclic) bond motifs is 2. The van der Waals surface area contributed by atoms with Gasteiger partial charge < -0.3 is 9.73 Å². The summed E-state index contributed by atoms with van der Waals surface area (Å²) in [6.07, 6.45) is 1.45. The van der Waals surface area contributed by atoms with E-state index >= 15 is 0 Å². The normalized spacial score (nSPS) is 13.7. The predicted molar refractivity (Wildman–Crippen MR) is 145 cm³/mol. The number of imide groups is 2. The molecule has 0 radical (unpaired) electrons. The molecule has 3 heterocycles. The van der Waals surface area contributed by atoms with Crippen LogP contribution in [0.4, 0.5) is 11.4 Å². The summed E-state index contributed by atoms with van der Waals surface area (Å²) in [4.78, 5) is 76.8. The number of rotatable bonds is 7. The second-order valence-corrected chi connectivity index (χ2v) is 9.25. The number of amides is 5. The van der Waals surface area contributed by atoms with Gasteiger partial charge in [-0.3, -0.25) is 44.4 Å². The molecule has 6 rings (SSSR count). The standard InChI is InChI=1S/C30H18N4O7/c35-25(15-1-9-21-23(11-15)29(39)33-27(21)37)13-19-7-8-20(41-19)14-31-17-3-5-18(6-4-17)32-26(36)16-2-10-22-24(12-16)30(40)34-28(22)38/h1-12,14H,13H2,(H,32,36)(H,33,37,39)(H,34,38,40). The van der Waals surface area contributed by atoms with Crippen molar-refractivity contribution < 1.29 is 33.2 Å². The van der Waals surface area contributed by atoms with Crippen molar-refractivity contribution in [3.63, 3.8) is 0 Å². The highest BCUT2D eigenvalue weighted by atomic mass is 16.3. The molecule has 4 aromatic rings. The quantitative estimate of drug-likeness (QED) is 0.181. The highest BCUT2D eigenvalue weighted by Gasteiger charge is 2.28. The maximum Gasteiger partial charge on any atom is 0.258 e. The number of carbonyl (C=O) groups is 6. The van der Waals surface area contributed by atoms with Crippen LogP contribution in [0.1, 0.15) is 73.7 Å². The third-order valence-corrected chi connectivity index (χ3v) is 6.54. The van der Waals surface area contributed by atoms with Crippen LogP contribution in [0.3, 0.4) is 0 Å². The van der Waals surface area contributed by atoms with Gasteiger partial charge in [0.2, 0.25) is 0 Å². The van der Waals surface area contributed by atoms with Crippen LogP contribution in [0.5, 0.6) is 0 Å². The molecule has 0 saturated carbocycles.